The average Bonchev–Trinajstić information content (AvgIpc) is 2.44. The zero-order chi connectivity index (χ0) is 15.4. The fourth-order valence-electron chi connectivity index (χ4n) is 2.80. The van der Waals surface area contributed by atoms with Crippen molar-refractivity contribution < 1.29 is 8.78 Å². The van der Waals surface area contributed by atoms with Crippen molar-refractivity contribution in [2.75, 3.05) is 0 Å². The van der Waals surface area contributed by atoms with Crippen LogP contribution in [0, 0.1) is 17.6 Å². The average molecular weight is 312 g/mol. The van der Waals surface area contributed by atoms with Gasteiger partial charge in [-0.2, -0.15) is 0 Å². The second-order valence-corrected chi connectivity index (χ2v) is 6.29. The first-order chi connectivity index (χ1) is 9.97. The lowest BCUT2D eigenvalue weighted by Crippen LogP contribution is -2.46. The molecule has 116 valence electrons. The first kappa shape index (κ1) is 16.1. The molecule has 1 aromatic rings. The summed E-state index contributed by atoms with van der Waals surface area (Å²) in [6.45, 7) is 4.11. The molecule has 0 radical (unpaired) electrons. The Bertz CT molecular complexity index is 507. The van der Waals surface area contributed by atoms with E-state index in [9.17, 15) is 8.78 Å². The number of thiocarbonyl (C=S) groups is 1. The van der Waals surface area contributed by atoms with Crippen molar-refractivity contribution >= 4 is 17.3 Å². The molecule has 2 N–H and O–H groups in total. The monoisotopic (exact) mass is 312 g/mol. The summed E-state index contributed by atoms with van der Waals surface area (Å²) in [4.78, 5) is 0. The fraction of sp³-hybridized carbons (Fsp3) is 0.562. The van der Waals surface area contributed by atoms with E-state index in [-0.39, 0.29) is 6.04 Å². The zero-order valence-electron chi connectivity index (χ0n) is 12.5. The standard InChI is InChI=1S/C16H22F2N2S/c1-10-5-3-4-6-15(10)20-16(21)19-11(2)12-7-8-13(17)14(18)9-12/h7-11,15H,3-6H2,1-2H3,(H2,19,20,21)/t10-,11-,15-/m0/s1. The maximum absolute atomic E-state index is 13.2. The van der Waals surface area contributed by atoms with Gasteiger partial charge in [0.1, 0.15) is 0 Å². The van der Waals surface area contributed by atoms with Crippen molar-refractivity contribution in [3.8, 4) is 0 Å². The van der Waals surface area contributed by atoms with E-state index in [2.05, 4.69) is 17.6 Å². The van der Waals surface area contributed by atoms with Crippen LogP contribution >= 0.6 is 12.2 Å². The molecule has 1 aromatic carbocycles. The summed E-state index contributed by atoms with van der Waals surface area (Å²) in [7, 11) is 0. The highest BCUT2D eigenvalue weighted by Crippen LogP contribution is 2.23. The Balaban J connectivity index is 1.90. The molecule has 1 aliphatic carbocycles. The molecule has 0 spiro atoms. The second-order valence-electron chi connectivity index (χ2n) is 5.88. The summed E-state index contributed by atoms with van der Waals surface area (Å²) < 4.78 is 26.2. The van der Waals surface area contributed by atoms with Gasteiger partial charge in [-0.15, -0.1) is 0 Å². The van der Waals surface area contributed by atoms with E-state index in [1.54, 1.807) is 6.07 Å². The molecule has 1 fully saturated rings. The van der Waals surface area contributed by atoms with Gasteiger partial charge in [0.25, 0.3) is 0 Å². The van der Waals surface area contributed by atoms with Crippen molar-refractivity contribution in [2.45, 2.75) is 51.6 Å². The van der Waals surface area contributed by atoms with E-state index in [4.69, 9.17) is 12.2 Å². The Hall–Kier alpha value is -1.23. The zero-order valence-corrected chi connectivity index (χ0v) is 13.3. The van der Waals surface area contributed by atoms with E-state index >= 15 is 0 Å². The van der Waals surface area contributed by atoms with Gasteiger partial charge in [0.05, 0.1) is 6.04 Å². The van der Waals surface area contributed by atoms with Crippen LogP contribution in [0.1, 0.15) is 51.1 Å². The van der Waals surface area contributed by atoms with Gasteiger partial charge >= 0.3 is 0 Å². The smallest absolute Gasteiger partial charge is 0.166 e. The van der Waals surface area contributed by atoms with Crippen molar-refractivity contribution in [2.24, 2.45) is 5.92 Å². The molecule has 0 aromatic heterocycles. The third-order valence-corrected chi connectivity index (χ3v) is 4.45. The van der Waals surface area contributed by atoms with E-state index in [1.165, 1.54) is 25.3 Å². The van der Waals surface area contributed by atoms with Crippen LogP contribution in [-0.2, 0) is 0 Å². The molecular weight excluding hydrogens is 290 g/mol. The number of hydrogen-bond acceptors (Lipinski definition) is 1. The highest BCUT2D eigenvalue weighted by molar-refractivity contribution is 7.80. The Morgan fingerprint density at radius 3 is 2.62 bits per heavy atom. The quantitative estimate of drug-likeness (QED) is 0.823. The van der Waals surface area contributed by atoms with Crippen molar-refractivity contribution in [1.82, 2.24) is 10.6 Å². The molecule has 0 saturated heterocycles. The van der Waals surface area contributed by atoms with Gasteiger partial charge in [-0.3, -0.25) is 0 Å². The van der Waals surface area contributed by atoms with Crippen LogP contribution in [0.15, 0.2) is 18.2 Å². The highest BCUT2D eigenvalue weighted by atomic mass is 32.1. The van der Waals surface area contributed by atoms with Gasteiger partial charge in [-0.1, -0.05) is 25.8 Å². The first-order valence-electron chi connectivity index (χ1n) is 7.49. The van der Waals surface area contributed by atoms with Gasteiger partial charge in [-0.05, 0) is 55.6 Å². The number of hydrogen-bond donors (Lipinski definition) is 2. The van der Waals surface area contributed by atoms with E-state index in [0.29, 0.717) is 22.6 Å². The van der Waals surface area contributed by atoms with Crippen LogP contribution in [0.5, 0.6) is 0 Å². The van der Waals surface area contributed by atoms with Crippen LogP contribution < -0.4 is 10.6 Å². The molecule has 3 atom stereocenters. The number of nitrogens with one attached hydrogen (secondary N) is 2. The van der Waals surface area contributed by atoms with Gasteiger partial charge in [0.2, 0.25) is 0 Å². The third kappa shape index (κ3) is 4.37. The Labute approximate surface area is 130 Å². The van der Waals surface area contributed by atoms with Crippen LogP contribution in [0.2, 0.25) is 0 Å². The summed E-state index contributed by atoms with van der Waals surface area (Å²) in [5.41, 5.74) is 0.676. The molecule has 1 saturated carbocycles. The maximum atomic E-state index is 13.2. The molecule has 0 amide bonds. The van der Waals surface area contributed by atoms with Gasteiger partial charge in [0, 0.05) is 6.04 Å². The van der Waals surface area contributed by atoms with Crippen molar-refractivity contribution in [3.63, 3.8) is 0 Å². The summed E-state index contributed by atoms with van der Waals surface area (Å²) in [6, 6.07) is 4.15. The summed E-state index contributed by atoms with van der Waals surface area (Å²) in [5.74, 6) is -1.05. The lowest BCUT2D eigenvalue weighted by Gasteiger charge is -2.31. The maximum Gasteiger partial charge on any atom is 0.166 e. The lowest BCUT2D eigenvalue weighted by molar-refractivity contribution is 0.307. The van der Waals surface area contributed by atoms with Gasteiger partial charge < -0.3 is 10.6 Å². The van der Waals surface area contributed by atoms with Crippen molar-refractivity contribution in [3.05, 3.63) is 35.4 Å². The minimum atomic E-state index is -0.832. The summed E-state index contributed by atoms with van der Waals surface area (Å²) >= 11 is 5.33. The predicted octanol–water partition coefficient (Wildman–Crippen LogP) is 4.07. The largest absolute Gasteiger partial charge is 0.360 e. The highest BCUT2D eigenvalue weighted by Gasteiger charge is 2.22. The number of benzene rings is 1. The van der Waals surface area contributed by atoms with E-state index in [1.807, 2.05) is 6.92 Å². The Morgan fingerprint density at radius 1 is 1.24 bits per heavy atom. The molecule has 2 nitrogen and oxygen atoms in total. The molecular formula is C16H22F2N2S. The SMILES string of the molecule is C[C@H](NC(=S)N[C@H]1CCCC[C@@H]1C)c1ccc(F)c(F)c1. The van der Waals surface area contributed by atoms with Crippen LogP contribution in [0.3, 0.4) is 0 Å². The molecule has 0 bridgehead atoms. The Morgan fingerprint density at radius 2 is 1.95 bits per heavy atom. The Kier molecular flexibility index (Phi) is 5.51. The molecule has 1 aliphatic rings. The predicted molar refractivity (Wildman–Crippen MR) is 85.1 cm³/mol. The molecule has 21 heavy (non-hydrogen) atoms. The number of halogens is 2. The normalized spacial score (nSPS) is 23.4. The topological polar surface area (TPSA) is 24.1 Å². The molecule has 2 rings (SSSR count). The molecule has 5 heteroatoms. The van der Waals surface area contributed by atoms with E-state index < -0.39 is 11.6 Å². The van der Waals surface area contributed by atoms with Gasteiger partial charge in [0.15, 0.2) is 16.7 Å². The molecule has 0 unspecified atom stereocenters. The van der Waals surface area contributed by atoms with Gasteiger partial charge in [-0.25, -0.2) is 8.78 Å². The third-order valence-electron chi connectivity index (χ3n) is 4.22. The van der Waals surface area contributed by atoms with Crippen LogP contribution in [0.25, 0.3) is 0 Å². The summed E-state index contributed by atoms with van der Waals surface area (Å²) in [6.07, 6.45) is 4.86. The fourth-order valence-corrected chi connectivity index (χ4v) is 3.13. The van der Waals surface area contributed by atoms with E-state index in [0.717, 1.165) is 12.5 Å². The first-order valence-corrected chi connectivity index (χ1v) is 7.90. The second kappa shape index (κ2) is 7.16. The van der Waals surface area contributed by atoms with Crippen molar-refractivity contribution in [1.29, 1.82) is 0 Å². The minimum absolute atomic E-state index is 0.168. The molecule has 0 aliphatic heterocycles. The van der Waals surface area contributed by atoms with Crippen LogP contribution in [-0.4, -0.2) is 11.2 Å². The molecule has 0 heterocycles. The summed E-state index contributed by atoms with van der Waals surface area (Å²) in [5, 5.41) is 7.06. The minimum Gasteiger partial charge on any atom is -0.360 e. The number of rotatable bonds is 3. The van der Waals surface area contributed by atoms with Crippen LogP contribution in [0.4, 0.5) is 8.78 Å². The lowest BCUT2D eigenvalue weighted by atomic mass is 9.86.